The summed E-state index contributed by atoms with van der Waals surface area (Å²) in [6.07, 6.45) is 0. The predicted octanol–water partition coefficient (Wildman–Crippen LogP) is -1.18. The predicted molar refractivity (Wildman–Crippen MR) is 78.0 cm³/mol. The lowest BCUT2D eigenvalue weighted by atomic mass is 10.0. The molecule has 3 rings (SSSR count). The van der Waals surface area contributed by atoms with E-state index in [-0.39, 0.29) is 23.7 Å². The van der Waals surface area contributed by atoms with Gasteiger partial charge in [-0.2, -0.15) is 0 Å². The number of amides is 2. The van der Waals surface area contributed by atoms with Crippen LogP contribution in [0.2, 0.25) is 0 Å². The Morgan fingerprint density at radius 1 is 1.27 bits per heavy atom. The Morgan fingerprint density at radius 2 is 1.82 bits per heavy atom. The molecule has 1 aromatic rings. The maximum atomic E-state index is 12.3. The van der Waals surface area contributed by atoms with Gasteiger partial charge < -0.3 is 15.2 Å². The summed E-state index contributed by atoms with van der Waals surface area (Å²) >= 11 is 1.45. The number of imide groups is 1. The first-order valence-electron chi connectivity index (χ1n) is 7.00. The Kier molecular flexibility index (Phi) is 3.49. The van der Waals surface area contributed by atoms with Crippen LogP contribution < -0.4 is 10.4 Å². The molecular weight excluding hydrogens is 304 g/mol. The average molecular weight is 320 g/mol. The van der Waals surface area contributed by atoms with Gasteiger partial charge in [0.25, 0.3) is 11.8 Å². The summed E-state index contributed by atoms with van der Waals surface area (Å²) in [5.41, 5.74) is 0.817. The van der Waals surface area contributed by atoms with Crippen molar-refractivity contribution in [3.8, 4) is 0 Å². The Morgan fingerprint density at radius 3 is 2.27 bits per heavy atom. The van der Waals surface area contributed by atoms with Gasteiger partial charge in [0.15, 0.2) is 5.37 Å². The van der Waals surface area contributed by atoms with E-state index in [1.807, 2.05) is 13.8 Å². The minimum Gasteiger partial charge on any atom is -0.544 e. The molecule has 0 aromatic heterocycles. The van der Waals surface area contributed by atoms with Crippen molar-refractivity contribution in [1.82, 2.24) is 4.90 Å². The SMILES string of the molecule is CC1(C)S[C@@H](CN2C(=O)c3ccccc3C2=O)[NH2+][C@H]1C(=O)[O-]. The minimum atomic E-state index is -1.12. The number of nitrogens with two attached hydrogens (primary N) is 1. The second kappa shape index (κ2) is 5.10. The van der Waals surface area contributed by atoms with Gasteiger partial charge in [0.2, 0.25) is 0 Å². The van der Waals surface area contributed by atoms with E-state index in [1.54, 1.807) is 29.6 Å². The third kappa shape index (κ3) is 2.30. The smallest absolute Gasteiger partial charge is 0.261 e. The molecule has 0 bridgehead atoms. The normalized spacial score (nSPS) is 26.4. The summed E-state index contributed by atoms with van der Waals surface area (Å²) in [4.78, 5) is 37.1. The van der Waals surface area contributed by atoms with E-state index in [1.165, 1.54) is 16.7 Å². The van der Waals surface area contributed by atoms with Crippen molar-refractivity contribution in [2.24, 2.45) is 0 Å². The quantitative estimate of drug-likeness (QED) is 0.707. The highest BCUT2D eigenvalue weighted by molar-refractivity contribution is 8.01. The molecule has 0 aliphatic carbocycles. The van der Waals surface area contributed by atoms with Crippen molar-refractivity contribution in [2.45, 2.75) is 30.0 Å². The molecule has 2 atom stereocenters. The molecule has 2 N–H and O–H groups in total. The summed E-state index contributed by atoms with van der Waals surface area (Å²) in [5, 5.41) is 12.7. The number of carboxylic acid groups (broad SMARTS) is 1. The van der Waals surface area contributed by atoms with Crippen LogP contribution in [0, 0.1) is 0 Å². The maximum absolute atomic E-state index is 12.3. The van der Waals surface area contributed by atoms with Crippen LogP contribution in [-0.2, 0) is 4.79 Å². The van der Waals surface area contributed by atoms with E-state index >= 15 is 0 Å². The van der Waals surface area contributed by atoms with E-state index in [0.29, 0.717) is 11.1 Å². The fraction of sp³-hybridized carbons (Fsp3) is 0.400. The first kappa shape index (κ1) is 15.1. The highest BCUT2D eigenvalue weighted by Gasteiger charge is 2.48. The first-order valence-corrected chi connectivity index (χ1v) is 7.88. The largest absolute Gasteiger partial charge is 0.544 e. The molecule has 0 unspecified atom stereocenters. The van der Waals surface area contributed by atoms with Gasteiger partial charge in [-0.25, -0.2) is 0 Å². The molecule has 1 fully saturated rings. The lowest BCUT2D eigenvalue weighted by Gasteiger charge is -2.21. The van der Waals surface area contributed by atoms with Crippen molar-refractivity contribution in [3.63, 3.8) is 0 Å². The fourth-order valence-corrected chi connectivity index (χ4v) is 4.56. The molecule has 2 aliphatic rings. The highest BCUT2D eigenvalue weighted by Crippen LogP contribution is 2.34. The zero-order valence-electron chi connectivity index (χ0n) is 12.2. The van der Waals surface area contributed by atoms with Gasteiger partial charge >= 0.3 is 0 Å². The number of nitrogens with zero attached hydrogens (tertiary/aromatic N) is 1. The van der Waals surface area contributed by atoms with Crippen molar-refractivity contribution in [1.29, 1.82) is 0 Å². The Bertz CT molecular complexity index is 638. The number of thioether (sulfide) groups is 1. The highest BCUT2D eigenvalue weighted by atomic mass is 32.2. The number of carbonyl (C=O) groups excluding carboxylic acids is 3. The second-order valence-electron chi connectivity index (χ2n) is 6.02. The maximum Gasteiger partial charge on any atom is 0.261 e. The molecule has 6 nitrogen and oxygen atoms in total. The van der Waals surface area contributed by atoms with Crippen LogP contribution in [0.5, 0.6) is 0 Å². The van der Waals surface area contributed by atoms with E-state index in [9.17, 15) is 19.5 Å². The van der Waals surface area contributed by atoms with Crippen molar-refractivity contribution in [3.05, 3.63) is 35.4 Å². The monoisotopic (exact) mass is 320 g/mol. The van der Waals surface area contributed by atoms with Gasteiger partial charge in [-0.1, -0.05) is 23.9 Å². The Hall–Kier alpha value is -1.86. The van der Waals surface area contributed by atoms with Crippen LogP contribution in [-0.4, -0.2) is 45.4 Å². The van der Waals surface area contributed by atoms with Gasteiger partial charge in [-0.15, -0.1) is 0 Å². The van der Waals surface area contributed by atoms with Crippen LogP contribution in [0.25, 0.3) is 0 Å². The molecule has 1 saturated heterocycles. The topological polar surface area (TPSA) is 94.1 Å². The summed E-state index contributed by atoms with van der Waals surface area (Å²) in [5.74, 6) is -1.75. The fourth-order valence-electron chi connectivity index (χ4n) is 2.99. The number of fused-ring (bicyclic) bond motifs is 1. The molecule has 1 aromatic carbocycles. The number of rotatable bonds is 3. The number of carbonyl (C=O) groups is 3. The lowest BCUT2D eigenvalue weighted by molar-refractivity contribution is -0.689. The zero-order valence-corrected chi connectivity index (χ0v) is 13.1. The van der Waals surface area contributed by atoms with Gasteiger partial charge in [0, 0.05) is 0 Å². The summed E-state index contributed by atoms with van der Waals surface area (Å²) in [6.45, 7) is 3.85. The van der Waals surface area contributed by atoms with Crippen LogP contribution >= 0.6 is 11.8 Å². The number of aliphatic carboxylic acids is 1. The van der Waals surface area contributed by atoms with Gasteiger partial charge in [0.1, 0.15) is 12.0 Å². The average Bonchev–Trinajstić information content (AvgIpc) is 2.89. The van der Waals surface area contributed by atoms with Crippen LogP contribution in [0.4, 0.5) is 0 Å². The summed E-state index contributed by atoms with van der Waals surface area (Å²) in [6, 6.07) is 6.01. The molecule has 116 valence electrons. The molecule has 2 aliphatic heterocycles. The third-order valence-electron chi connectivity index (χ3n) is 4.11. The van der Waals surface area contributed by atoms with Gasteiger partial charge in [0.05, 0.1) is 22.4 Å². The van der Waals surface area contributed by atoms with Gasteiger partial charge in [-0.3, -0.25) is 14.5 Å². The molecule has 2 heterocycles. The molecule has 0 saturated carbocycles. The van der Waals surface area contributed by atoms with Crippen LogP contribution in [0.15, 0.2) is 24.3 Å². The Labute approximate surface area is 131 Å². The van der Waals surface area contributed by atoms with Crippen LogP contribution in [0.1, 0.15) is 34.6 Å². The molecule has 0 radical (unpaired) electrons. The number of benzene rings is 1. The zero-order chi connectivity index (χ0) is 16.1. The van der Waals surface area contributed by atoms with E-state index in [0.717, 1.165) is 0 Å². The first-order chi connectivity index (χ1) is 10.3. The summed E-state index contributed by atoms with van der Waals surface area (Å²) < 4.78 is -0.512. The number of hydrogen-bond acceptors (Lipinski definition) is 5. The molecule has 0 spiro atoms. The number of carboxylic acids is 1. The van der Waals surface area contributed by atoms with Gasteiger partial charge in [-0.05, 0) is 26.0 Å². The standard InChI is InChI=1S/C15H16N2O4S/c1-15(2)11(14(20)21)16-10(22-15)7-17-12(18)8-5-3-4-6-9(8)13(17)19/h3-6,10-11,16H,7H2,1-2H3,(H,20,21)/t10-,11-/m0/s1. The minimum absolute atomic E-state index is 0.185. The van der Waals surface area contributed by atoms with E-state index < -0.39 is 16.8 Å². The second-order valence-corrected chi connectivity index (χ2v) is 7.91. The number of quaternary nitrogens is 1. The lowest BCUT2D eigenvalue weighted by Crippen LogP contribution is -2.96. The summed E-state index contributed by atoms with van der Waals surface area (Å²) in [7, 11) is 0. The van der Waals surface area contributed by atoms with Crippen LogP contribution in [0.3, 0.4) is 0 Å². The van der Waals surface area contributed by atoms with Crippen molar-refractivity contribution in [2.75, 3.05) is 6.54 Å². The number of hydrogen-bond donors (Lipinski definition) is 1. The molecular formula is C15H16N2O4S. The third-order valence-corrected chi connectivity index (χ3v) is 5.58. The Balaban J connectivity index is 1.78. The van der Waals surface area contributed by atoms with Crippen molar-refractivity contribution < 1.29 is 24.8 Å². The van der Waals surface area contributed by atoms with E-state index in [2.05, 4.69) is 0 Å². The molecule has 7 heteroatoms. The van der Waals surface area contributed by atoms with Crippen molar-refractivity contribution >= 4 is 29.5 Å². The molecule has 2 amide bonds. The molecule has 22 heavy (non-hydrogen) atoms. The van der Waals surface area contributed by atoms with E-state index in [4.69, 9.17) is 0 Å².